The van der Waals surface area contributed by atoms with Crippen molar-refractivity contribution in [2.45, 2.75) is 20.0 Å². The molecule has 0 heterocycles. The summed E-state index contributed by atoms with van der Waals surface area (Å²) in [5.41, 5.74) is 1.27. The first kappa shape index (κ1) is 20.7. The van der Waals surface area contributed by atoms with E-state index >= 15 is 0 Å². The Morgan fingerprint density at radius 1 is 1.07 bits per heavy atom. The Bertz CT molecular complexity index is 975. The molecule has 7 nitrogen and oxygen atoms in total. The molecular weight excluding hydrogens is 392 g/mol. The first-order valence-corrected chi connectivity index (χ1v) is 10.2. The molecule has 2 aromatic rings. The molecule has 0 spiro atoms. The number of hydrogen-bond donors (Lipinski definition) is 2. The van der Waals surface area contributed by atoms with Gasteiger partial charge in [0.15, 0.2) is 6.10 Å². The van der Waals surface area contributed by atoms with Crippen LogP contribution in [-0.4, -0.2) is 32.7 Å². The van der Waals surface area contributed by atoms with E-state index in [2.05, 4.69) is 10.0 Å². The maximum Gasteiger partial charge on any atom is 0.341 e. The molecule has 0 saturated heterocycles. The number of anilines is 2. The first-order valence-electron chi connectivity index (χ1n) is 7.92. The van der Waals surface area contributed by atoms with Crippen LogP contribution in [0.4, 0.5) is 11.4 Å². The predicted molar refractivity (Wildman–Crippen MR) is 105 cm³/mol. The normalized spacial score (nSPS) is 12.1. The summed E-state index contributed by atoms with van der Waals surface area (Å²) in [7, 11) is -3.58. The molecule has 1 atom stereocenters. The fraction of sp³-hybridized carbons (Fsp3) is 0.222. The minimum absolute atomic E-state index is 0.00140. The summed E-state index contributed by atoms with van der Waals surface area (Å²) < 4.78 is 30.3. The third-order valence-corrected chi connectivity index (χ3v) is 4.62. The molecular formula is C18H19ClN2O5S. The van der Waals surface area contributed by atoms with Gasteiger partial charge in [0.2, 0.25) is 10.0 Å². The topological polar surface area (TPSA) is 102 Å². The molecule has 0 bridgehead atoms. The van der Waals surface area contributed by atoms with Crippen molar-refractivity contribution in [3.8, 4) is 0 Å². The van der Waals surface area contributed by atoms with Crippen molar-refractivity contribution in [3.63, 3.8) is 0 Å². The van der Waals surface area contributed by atoms with Crippen LogP contribution in [0.25, 0.3) is 0 Å². The minimum atomic E-state index is -3.58. The van der Waals surface area contributed by atoms with Crippen LogP contribution in [0.3, 0.4) is 0 Å². The lowest BCUT2D eigenvalue weighted by Gasteiger charge is -2.16. The number of ether oxygens (including phenoxy) is 1. The molecule has 0 aliphatic rings. The highest BCUT2D eigenvalue weighted by atomic mass is 35.5. The summed E-state index contributed by atoms with van der Waals surface area (Å²) in [6.45, 7) is 3.17. The van der Waals surface area contributed by atoms with E-state index in [1.165, 1.54) is 19.1 Å². The molecule has 0 saturated carbocycles. The lowest BCUT2D eigenvalue weighted by molar-refractivity contribution is -0.123. The average Bonchev–Trinajstić information content (AvgIpc) is 2.57. The zero-order valence-electron chi connectivity index (χ0n) is 14.9. The van der Waals surface area contributed by atoms with Gasteiger partial charge in [-0.25, -0.2) is 13.2 Å². The Kier molecular flexibility index (Phi) is 6.45. The van der Waals surface area contributed by atoms with Crippen molar-refractivity contribution < 1.29 is 22.7 Å². The third kappa shape index (κ3) is 5.70. The van der Waals surface area contributed by atoms with Crippen molar-refractivity contribution in [1.29, 1.82) is 0 Å². The van der Waals surface area contributed by atoms with Crippen LogP contribution < -0.4 is 10.0 Å². The van der Waals surface area contributed by atoms with Gasteiger partial charge in [-0.3, -0.25) is 9.52 Å². The summed E-state index contributed by atoms with van der Waals surface area (Å²) in [5.74, 6) is -1.37. The SMILES string of the molecule is Cc1c(Cl)cccc1NC(=O)[C@@H](C)OC(=O)c1ccccc1NS(C)(=O)=O. The smallest absolute Gasteiger partial charge is 0.341 e. The number of nitrogens with one attached hydrogen (secondary N) is 2. The Morgan fingerprint density at radius 3 is 2.37 bits per heavy atom. The number of esters is 1. The number of halogens is 1. The quantitative estimate of drug-likeness (QED) is 0.712. The third-order valence-electron chi connectivity index (χ3n) is 3.62. The van der Waals surface area contributed by atoms with E-state index in [-0.39, 0.29) is 11.3 Å². The van der Waals surface area contributed by atoms with Crippen LogP contribution in [0, 0.1) is 6.92 Å². The molecule has 0 fully saturated rings. The molecule has 27 heavy (non-hydrogen) atoms. The molecule has 1 amide bonds. The highest BCUT2D eigenvalue weighted by molar-refractivity contribution is 7.92. The highest BCUT2D eigenvalue weighted by Crippen LogP contribution is 2.23. The molecule has 2 N–H and O–H groups in total. The largest absolute Gasteiger partial charge is 0.449 e. The van der Waals surface area contributed by atoms with E-state index in [0.29, 0.717) is 16.3 Å². The van der Waals surface area contributed by atoms with Crippen LogP contribution in [-0.2, 0) is 19.6 Å². The zero-order chi connectivity index (χ0) is 20.2. The van der Waals surface area contributed by atoms with Gasteiger partial charge in [0.25, 0.3) is 5.91 Å². The van der Waals surface area contributed by atoms with E-state index in [1.807, 2.05) is 0 Å². The van der Waals surface area contributed by atoms with E-state index in [4.69, 9.17) is 16.3 Å². The van der Waals surface area contributed by atoms with Crippen molar-refractivity contribution in [2.24, 2.45) is 0 Å². The van der Waals surface area contributed by atoms with Crippen molar-refractivity contribution in [2.75, 3.05) is 16.3 Å². The number of rotatable bonds is 6. The van der Waals surface area contributed by atoms with Gasteiger partial charge in [-0.2, -0.15) is 0 Å². The van der Waals surface area contributed by atoms with Crippen LogP contribution in [0.15, 0.2) is 42.5 Å². The second kappa shape index (κ2) is 8.41. The number of para-hydroxylation sites is 1. The average molecular weight is 411 g/mol. The second-order valence-electron chi connectivity index (χ2n) is 5.87. The summed E-state index contributed by atoms with van der Waals surface area (Å²) in [6.07, 6.45) is -0.138. The van der Waals surface area contributed by atoms with Gasteiger partial charge in [0.05, 0.1) is 17.5 Å². The predicted octanol–water partition coefficient (Wildman–Crippen LogP) is 3.20. The molecule has 2 rings (SSSR count). The fourth-order valence-corrected chi connectivity index (χ4v) is 2.96. The van der Waals surface area contributed by atoms with Crippen LogP contribution in [0.1, 0.15) is 22.8 Å². The van der Waals surface area contributed by atoms with E-state index in [0.717, 1.165) is 6.26 Å². The van der Waals surface area contributed by atoms with E-state index in [9.17, 15) is 18.0 Å². The number of sulfonamides is 1. The summed E-state index contributed by atoms with van der Waals surface area (Å²) in [5, 5.41) is 3.15. The molecule has 0 radical (unpaired) electrons. The van der Waals surface area contributed by atoms with Crippen LogP contribution >= 0.6 is 11.6 Å². The molecule has 9 heteroatoms. The number of hydrogen-bond acceptors (Lipinski definition) is 5. The fourth-order valence-electron chi connectivity index (χ4n) is 2.20. The number of benzene rings is 2. The summed E-state index contributed by atoms with van der Waals surface area (Å²) in [4.78, 5) is 24.7. The van der Waals surface area contributed by atoms with Crippen LogP contribution in [0.2, 0.25) is 5.02 Å². The monoisotopic (exact) mass is 410 g/mol. The Balaban J connectivity index is 2.11. The Labute approximate surface area is 162 Å². The van der Waals surface area contributed by atoms with E-state index < -0.39 is 28.0 Å². The highest BCUT2D eigenvalue weighted by Gasteiger charge is 2.22. The second-order valence-corrected chi connectivity index (χ2v) is 8.02. The number of carbonyl (C=O) groups excluding carboxylic acids is 2. The summed E-state index contributed by atoms with van der Waals surface area (Å²) >= 11 is 6.02. The zero-order valence-corrected chi connectivity index (χ0v) is 16.5. The van der Waals surface area contributed by atoms with Gasteiger partial charge in [-0.05, 0) is 43.7 Å². The van der Waals surface area contributed by atoms with Gasteiger partial charge < -0.3 is 10.1 Å². The minimum Gasteiger partial charge on any atom is -0.449 e. The maximum absolute atomic E-state index is 12.4. The molecule has 0 unspecified atom stereocenters. The standard InChI is InChI=1S/C18H19ClN2O5S/c1-11-14(19)8-6-10-15(11)20-17(22)12(2)26-18(23)13-7-4-5-9-16(13)21-27(3,24)25/h4-10,12,21H,1-3H3,(H,20,22)/t12-/m1/s1. The van der Waals surface area contributed by atoms with Crippen molar-refractivity contribution in [3.05, 3.63) is 58.6 Å². The van der Waals surface area contributed by atoms with Gasteiger partial charge in [-0.1, -0.05) is 29.8 Å². The molecule has 0 aromatic heterocycles. The first-order chi connectivity index (χ1) is 12.6. The van der Waals surface area contributed by atoms with Crippen molar-refractivity contribution in [1.82, 2.24) is 0 Å². The molecule has 0 aliphatic carbocycles. The number of amides is 1. The Morgan fingerprint density at radius 2 is 1.70 bits per heavy atom. The molecule has 2 aromatic carbocycles. The van der Waals surface area contributed by atoms with E-state index in [1.54, 1.807) is 37.3 Å². The van der Waals surface area contributed by atoms with Crippen molar-refractivity contribution >= 4 is 44.9 Å². The Hall–Kier alpha value is -2.58. The lowest BCUT2D eigenvalue weighted by atomic mass is 10.2. The summed E-state index contributed by atoms with van der Waals surface area (Å²) in [6, 6.07) is 11.0. The van der Waals surface area contributed by atoms with Gasteiger partial charge in [-0.15, -0.1) is 0 Å². The van der Waals surface area contributed by atoms with Crippen LogP contribution in [0.5, 0.6) is 0 Å². The maximum atomic E-state index is 12.4. The van der Waals surface area contributed by atoms with Gasteiger partial charge >= 0.3 is 5.97 Å². The molecule has 144 valence electrons. The molecule has 0 aliphatic heterocycles. The lowest BCUT2D eigenvalue weighted by Crippen LogP contribution is -2.30. The van der Waals surface area contributed by atoms with Gasteiger partial charge in [0, 0.05) is 10.7 Å². The van der Waals surface area contributed by atoms with Gasteiger partial charge in [0.1, 0.15) is 0 Å². The number of carbonyl (C=O) groups is 2.